The Balaban J connectivity index is 2.95. The van der Waals surface area contributed by atoms with Gasteiger partial charge in [-0.05, 0) is 18.6 Å². The zero-order chi connectivity index (χ0) is 21.1. The first-order chi connectivity index (χ1) is 12.1. The van der Waals surface area contributed by atoms with Crippen LogP contribution in [-0.4, -0.2) is 35.6 Å². The number of carbonyl (C=O) groups excluding carboxylic acids is 1. The molecule has 150 valence electrons. The predicted molar refractivity (Wildman–Crippen MR) is 77.6 cm³/mol. The monoisotopic (exact) mass is 406 g/mol. The van der Waals surface area contributed by atoms with Crippen molar-refractivity contribution in [1.29, 1.82) is 0 Å². The minimum atomic E-state index is -7.15. The minimum absolute atomic E-state index is 0.228. The number of amides is 1. The number of nitrogens with zero attached hydrogens (tertiary/aromatic N) is 1. The Morgan fingerprint density at radius 2 is 1.44 bits per heavy atom. The normalized spacial score (nSPS) is 14.5. The van der Waals surface area contributed by atoms with Crippen molar-refractivity contribution >= 4 is 17.7 Å². The first-order valence-electron chi connectivity index (χ1n) is 6.92. The number of hydrogen-bond acceptors (Lipinski definition) is 2. The summed E-state index contributed by atoms with van der Waals surface area (Å²) >= 11 is 0. The second-order valence-electron chi connectivity index (χ2n) is 5.16. The van der Waals surface area contributed by atoms with E-state index in [0.717, 1.165) is 18.4 Å². The SMILES string of the molecule is CC(/C=C/c1ccccc1)=NNC(=O)C(F)(F)C(F)(F)C(F)(F)C(F)(F)F. The molecule has 0 aliphatic rings. The van der Waals surface area contributed by atoms with E-state index in [9.17, 15) is 44.3 Å². The number of carbonyl (C=O) groups is 1. The first-order valence-corrected chi connectivity index (χ1v) is 6.92. The highest BCUT2D eigenvalue weighted by Gasteiger charge is 2.83. The average molecular weight is 406 g/mol. The Bertz CT molecular complexity index is 725. The van der Waals surface area contributed by atoms with Crippen molar-refractivity contribution in [1.82, 2.24) is 5.43 Å². The molecule has 3 nitrogen and oxygen atoms in total. The van der Waals surface area contributed by atoms with Crippen molar-refractivity contribution in [3.63, 3.8) is 0 Å². The molecular weight excluding hydrogens is 395 g/mol. The van der Waals surface area contributed by atoms with E-state index in [-0.39, 0.29) is 5.71 Å². The van der Waals surface area contributed by atoms with Crippen LogP contribution in [0.2, 0.25) is 0 Å². The predicted octanol–water partition coefficient (Wildman–Crippen LogP) is 4.66. The number of hydrogen-bond donors (Lipinski definition) is 1. The third-order valence-electron chi connectivity index (χ3n) is 3.08. The van der Waals surface area contributed by atoms with Crippen molar-refractivity contribution < 1.29 is 44.3 Å². The van der Waals surface area contributed by atoms with E-state index in [0.29, 0.717) is 5.56 Å². The molecule has 12 heteroatoms. The molecule has 0 atom stereocenters. The maximum atomic E-state index is 13.3. The van der Waals surface area contributed by atoms with Gasteiger partial charge in [0.25, 0.3) is 0 Å². The van der Waals surface area contributed by atoms with Crippen LogP contribution in [0.5, 0.6) is 0 Å². The van der Waals surface area contributed by atoms with Crippen molar-refractivity contribution in [2.24, 2.45) is 5.10 Å². The van der Waals surface area contributed by atoms with Gasteiger partial charge in [-0.3, -0.25) is 4.79 Å². The summed E-state index contributed by atoms with van der Waals surface area (Å²) in [5.74, 6) is -23.7. The molecule has 0 aliphatic heterocycles. The zero-order valence-electron chi connectivity index (χ0n) is 13.3. The van der Waals surface area contributed by atoms with Crippen LogP contribution in [0.15, 0.2) is 41.5 Å². The molecule has 1 aromatic carbocycles. The average Bonchev–Trinajstić information content (AvgIpc) is 2.57. The molecule has 0 unspecified atom stereocenters. The summed E-state index contributed by atoms with van der Waals surface area (Å²) < 4.78 is 114. The van der Waals surface area contributed by atoms with Crippen LogP contribution >= 0.6 is 0 Å². The van der Waals surface area contributed by atoms with Gasteiger partial charge in [0, 0.05) is 0 Å². The van der Waals surface area contributed by atoms with E-state index in [4.69, 9.17) is 0 Å². The van der Waals surface area contributed by atoms with Gasteiger partial charge < -0.3 is 0 Å². The van der Waals surface area contributed by atoms with Crippen LogP contribution in [0.4, 0.5) is 39.5 Å². The third kappa shape index (κ3) is 4.61. The van der Waals surface area contributed by atoms with Crippen LogP contribution in [0.1, 0.15) is 12.5 Å². The molecule has 1 aromatic rings. The van der Waals surface area contributed by atoms with Crippen LogP contribution < -0.4 is 5.43 Å². The number of alkyl halides is 9. The number of allylic oxidation sites excluding steroid dienone is 1. The highest BCUT2D eigenvalue weighted by atomic mass is 19.4. The van der Waals surface area contributed by atoms with E-state index in [1.807, 2.05) is 0 Å². The topological polar surface area (TPSA) is 41.5 Å². The Morgan fingerprint density at radius 1 is 0.926 bits per heavy atom. The van der Waals surface area contributed by atoms with Gasteiger partial charge in [-0.15, -0.1) is 0 Å². The quantitative estimate of drug-likeness (QED) is 0.417. The van der Waals surface area contributed by atoms with Gasteiger partial charge in [-0.25, -0.2) is 5.43 Å². The maximum Gasteiger partial charge on any atom is 0.460 e. The van der Waals surface area contributed by atoms with Gasteiger partial charge in [0.05, 0.1) is 5.71 Å². The Labute approximate surface area is 146 Å². The molecule has 1 N–H and O–H groups in total. The maximum absolute atomic E-state index is 13.3. The van der Waals surface area contributed by atoms with Gasteiger partial charge in [-0.1, -0.05) is 36.4 Å². The van der Waals surface area contributed by atoms with E-state index < -0.39 is 29.9 Å². The first kappa shape index (κ1) is 22.5. The second kappa shape index (κ2) is 7.61. The molecule has 0 saturated carbocycles. The largest absolute Gasteiger partial charge is 0.460 e. The summed E-state index contributed by atoms with van der Waals surface area (Å²) in [7, 11) is 0. The molecule has 1 rings (SSSR count). The van der Waals surface area contributed by atoms with E-state index in [2.05, 4.69) is 5.10 Å². The number of halogens is 9. The van der Waals surface area contributed by atoms with Gasteiger partial charge in [0.2, 0.25) is 0 Å². The molecule has 0 bridgehead atoms. The summed E-state index contributed by atoms with van der Waals surface area (Å²) in [6.07, 6.45) is -4.47. The smallest absolute Gasteiger partial charge is 0.266 e. The lowest BCUT2D eigenvalue weighted by Crippen LogP contribution is -2.64. The number of benzene rings is 1. The molecule has 27 heavy (non-hydrogen) atoms. The highest BCUT2D eigenvalue weighted by molar-refractivity contribution is 5.97. The fraction of sp³-hybridized carbons (Fsp3) is 0.333. The minimum Gasteiger partial charge on any atom is -0.266 e. The number of rotatable bonds is 6. The molecule has 0 radical (unpaired) electrons. The molecule has 0 saturated heterocycles. The molecule has 0 heterocycles. The molecule has 0 aromatic heterocycles. The Hall–Kier alpha value is -2.53. The molecule has 0 fully saturated rings. The van der Waals surface area contributed by atoms with Crippen molar-refractivity contribution in [2.45, 2.75) is 30.9 Å². The van der Waals surface area contributed by atoms with Gasteiger partial charge in [0.1, 0.15) is 0 Å². The van der Waals surface area contributed by atoms with Crippen LogP contribution in [0, 0.1) is 0 Å². The summed E-state index contributed by atoms with van der Waals surface area (Å²) in [5, 5.41) is 2.95. The Morgan fingerprint density at radius 3 is 1.93 bits per heavy atom. The van der Waals surface area contributed by atoms with Crippen molar-refractivity contribution in [3.8, 4) is 0 Å². The van der Waals surface area contributed by atoms with Gasteiger partial charge in [-0.2, -0.15) is 44.6 Å². The summed E-state index contributed by atoms with van der Waals surface area (Å²) in [6.45, 7) is 1.13. The van der Waals surface area contributed by atoms with E-state index in [1.165, 1.54) is 6.08 Å². The Kier molecular flexibility index (Phi) is 6.34. The fourth-order valence-corrected chi connectivity index (χ4v) is 1.55. The van der Waals surface area contributed by atoms with Gasteiger partial charge in [0.15, 0.2) is 0 Å². The lowest BCUT2D eigenvalue weighted by atomic mass is 10.0. The molecule has 0 spiro atoms. The van der Waals surface area contributed by atoms with E-state index in [1.54, 1.807) is 30.3 Å². The standard InChI is InChI=1S/C15H11F9N2O/c1-9(7-8-10-5-3-2-4-6-10)25-26-11(27)12(16,17)13(18,19)14(20,21)15(22,23)24/h2-8H,1H3,(H,26,27)/b8-7+,25-9?. The van der Waals surface area contributed by atoms with Crippen molar-refractivity contribution in [2.75, 3.05) is 0 Å². The van der Waals surface area contributed by atoms with Gasteiger partial charge >= 0.3 is 29.9 Å². The third-order valence-corrected chi connectivity index (χ3v) is 3.08. The van der Waals surface area contributed by atoms with Crippen LogP contribution in [0.3, 0.4) is 0 Å². The van der Waals surface area contributed by atoms with E-state index >= 15 is 0 Å². The molecular formula is C15H11F9N2O. The number of hydrazone groups is 1. The summed E-state index contributed by atoms with van der Waals surface area (Å²) in [6, 6.07) is 8.23. The highest BCUT2D eigenvalue weighted by Crippen LogP contribution is 2.53. The lowest BCUT2D eigenvalue weighted by molar-refractivity contribution is -0.388. The fourth-order valence-electron chi connectivity index (χ4n) is 1.55. The molecule has 0 aliphatic carbocycles. The van der Waals surface area contributed by atoms with Crippen molar-refractivity contribution in [3.05, 3.63) is 42.0 Å². The van der Waals surface area contributed by atoms with Crippen LogP contribution in [0.25, 0.3) is 6.08 Å². The summed E-state index contributed by atoms with van der Waals surface area (Å²) in [5.41, 5.74) is 1.24. The number of nitrogens with one attached hydrogen (secondary N) is 1. The van der Waals surface area contributed by atoms with Crippen LogP contribution in [-0.2, 0) is 4.79 Å². The summed E-state index contributed by atoms with van der Waals surface area (Å²) in [4.78, 5) is 11.1. The zero-order valence-corrected chi connectivity index (χ0v) is 13.3. The second-order valence-corrected chi connectivity index (χ2v) is 5.16. The molecule has 1 amide bonds. The lowest BCUT2D eigenvalue weighted by Gasteiger charge is -2.32.